The van der Waals surface area contributed by atoms with Crippen LogP contribution in [0.3, 0.4) is 0 Å². The van der Waals surface area contributed by atoms with Crippen molar-refractivity contribution in [2.45, 2.75) is 89.1 Å². The van der Waals surface area contributed by atoms with E-state index in [0.717, 1.165) is 32.1 Å². The summed E-state index contributed by atoms with van der Waals surface area (Å²) in [6.07, 6.45) is 5.32. The molecule has 1 amide bonds. The molecule has 1 aliphatic carbocycles. The van der Waals surface area contributed by atoms with Gasteiger partial charge in [0.2, 0.25) is 0 Å². The minimum absolute atomic E-state index is 0.0768. The summed E-state index contributed by atoms with van der Waals surface area (Å²) in [5.74, 6) is 0. The number of aliphatic hydroxyl groups is 2. The maximum atomic E-state index is 12.2. The minimum Gasteiger partial charge on any atom is -0.444 e. The van der Waals surface area contributed by atoms with Gasteiger partial charge in [0, 0.05) is 25.7 Å². The van der Waals surface area contributed by atoms with Gasteiger partial charge in [-0.1, -0.05) is 12.8 Å². The van der Waals surface area contributed by atoms with Crippen LogP contribution in [0.2, 0.25) is 0 Å². The van der Waals surface area contributed by atoms with Gasteiger partial charge in [-0.25, -0.2) is 4.79 Å². The maximum absolute atomic E-state index is 12.2. The molecule has 0 aromatic carbocycles. The number of carbonyl (C=O) groups is 1. The molecule has 0 aromatic rings. The van der Waals surface area contributed by atoms with E-state index in [1.807, 2.05) is 20.8 Å². The lowest BCUT2D eigenvalue weighted by atomic mass is 9.90. The third-order valence-corrected chi connectivity index (χ3v) is 4.99. The molecule has 6 heteroatoms. The first-order valence-electron chi connectivity index (χ1n) is 9.30. The van der Waals surface area contributed by atoms with Crippen LogP contribution < -0.4 is 5.32 Å². The number of amides is 1. The molecule has 0 bridgehead atoms. The van der Waals surface area contributed by atoms with Crippen LogP contribution >= 0.6 is 0 Å². The van der Waals surface area contributed by atoms with Crippen molar-refractivity contribution >= 4 is 6.09 Å². The van der Waals surface area contributed by atoms with Crippen molar-refractivity contribution in [1.29, 1.82) is 0 Å². The molecule has 6 nitrogen and oxygen atoms in total. The van der Waals surface area contributed by atoms with E-state index in [1.165, 1.54) is 0 Å². The summed E-state index contributed by atoms with van der Waals surface area (Å²) in [6.45, 7) is 7.16. The molecule has 1 aliphatic heterocycles. The molecule has 2 fully saturated rings. The van der Waals surface area contributed by atoms with Crippen LogP contribution in [0.25, 0.3) is 0 Å². The zero-order chi connectivity index (χ0) is 17.8. The Labute approximate surface area is 145 Å². The monoisotopic (exact) mass is 342 g/mol. The lowest BCUT2D eigenvalue weighted by Crippen LogP contribution is -2.50. The second-order valence-corrected chi connectivity index (χ2v) is 8.38. The number of nitrogens with one attached hydrogen (secondary N) is 1. The van der Waals surface area contributed by atoms with E-state index in [9.17, 15) is 15.0 Å². The van der Waals surface area contributed by atoms with Gasteiger partial charge in [-0.2, -0.15) is 0 Å². The summed E-state index contributed by atoms with van der Waals surface area (Å²) < 4.78 is 5.43. The highest BCUT2D eigenvalue weighted by atomic mass is 16.6. The van der Waals surface area contributed by atoms with Gasteiger partial charge in [0.15, 0.2) is 0 Å². The molecule has 1 unspecified atom stereocenters. The fourth-order valence-electron chi connectivity index (χ4n) is 3.54. The van der Waals surface area contributed by atoms with Crippen LogP contribution in [0.15, 0.2) is 0 Å². The molecule has 2 aliphatic rings. The van der Waals surface area contributed by atoms with Crippen molar-refractivity contribution in [3.05, 3.63) is 0 Å². The molecule has 3 atom stereocenters. The van der Waals surface area contributed by atoms with Gasteiger partial charge in [0.05, 0.1) is 11.7 Å². The molecular formula is C18H34N2O4. The predicted octanol–water partition coefficient (Wildman–Crippen LogP) is 2.03. The second kappa shape index (κ2) is 8.02. The second-order valence-electron chi connectivity index (χ2n) is 8.38. The van der Waals surface area contributed by atoms with Crippen LogP contribution in [-0.4, -0.2) is 64.2 Å². The Morgan fingerprint density at radius 1 is 1.21 bits per heavy atom. The molecule has 24 heavy (non-hydrogen) atoms. The van der Waals surface area contributed by atoms with E-state index in [1.54, 1.807) is 4.90 Å². The average Bonchev–Trinajstić information content (AvgIpc) is 2.67. The maximum Gasteiger partial charge on any atom is 0.410 e. The summed E-state index contributed by atoms with van der Waals surface area (Å²) in [7, 11) is 0. The van der Waals surface area contributed by atoms with E-state index >= 15 is 0 Å². The molecule has 3 N–H and O–H groups in total. The highest BCUT2D eigenvalue weighted by Crippen LogP contribution is 2.25. The number of carbonyl (C=O) groups excluding carboxylic acids is 1. The first-order chi connectivity index (χ1) is 11.2. The van der Waals surface area contributed by atoms with Gasteiger partial charge in [0.25, 0.3) is 0 Å². The van der Waals surface area contributed by atoms with Crippen molar-refractivity contribution in [2.75, 3.05) is 19.6 Å². The van der Waals surface area contributed by atoms with Gasteiger partial charge in [-0.05, 0) is 52.9 Å². The molecule has 2 rings (SSSR count). The molecular weight excluding hydrogens is 308 g/mol. The molecule has 0 radical (unpaired) electrons. The zero-order valence-corrected chi connectivity index (χ0v) is 15.4. The minimum atomic E-state index is -0.825. The topological polar surface area (TPSA) is 82.0 Å². The van der Waals surface area contributed by atoms with E-state index < -0.39 is 11.2 Å². The fourth-order valence-corrected chi connectivity index (χ4v) is 3.54. The summed E-state index contributed by atoms with van der Waals surface area (Å²) in [5, 5.41) is 24.3. The number of hydrogen-bond acceptors (Lipinski definition) is 5. The van der Waals surface area contributed by atoms with Crippen molar-refractivity contribution < 1.29 is 19.7 Å². The third kappa shape index (κ3) is 5.90. The van der Waals surface area contributed by atoms with E-state index in [2.05, 4.69) is 5.32 Å². The normalized spacial score (nSPS) is 32.3. The summed E-state index contributed by atoms with van der Waals surface area (Å²) in [6, 6.07) is 0.0768. The molecule has 0 spiro atoms. The van der Waals surface area contributed by atoms with Crippen LogP contribution in [0.4, 0.5) is 4.79 Å². The van der Waals surface area contributed by atoms with Crippen molar-refractivity contribution in [3.8, 4) is 0 Å². The van der Waals surface area contributed by atoms with Crippen molar-refractivity contribution in [1.82, 2.24) is 10.2 Å². The number of ether oxygens (including phenoxy) is 1. The van der Waals surface area contributed by atoms with Gasteiger partial charge in [-0.15, -0.1) is 0 Å². The van der Waals surface area contributed by atoms with Gasteiger partial charge in [0.1, 0.15) is 5.60 Å². The van der Waals surface area contributed by atoms with Crippen LogP contribution in [0.5, 0.6) is 0 Å². The Morgan fingerprint density at radius 2 is 1.92 bits per heavy atom. The number of nitrogens with zero attached hydrogens (tertiary/aromatic N) is 1. The Kier molecular flexibility index (Phi) is 6.51. The van der Waals surface area contributed by atoms with Gasteiger partial charge in [-0.3, -0.25) is 0 Å². The molecule has 1 saturated heterocycles. The Balaban J connectivity index is 1.83. The van der Waals surface area contributed by atoms with Crippen LogP contribution in [-0.2, 0) is 4.74 Å². The first-order valence-corrected chi connectivity index (χ1v) is 9.30. The Hall–Kier alpha value is -0.850. The van der Waals surface area contributed by atoms with Gasteiger partial charge < -0.3 is 25.2 Å². The molecule has 140 valence electrons. The Bertz CT molecular complexity index is 424. The predicted molar refractivity (Wildman–Crippen MR) is 92.9 cm³/mol. The SMILES string of the molecule is CC(C)(C)OC(=O)N1CCCC(O)(CN[C@H]2CCCC[C@@H]2O)CC1. The highest BCUT2D eigenvalue weighted by Gasteiger charge is 2.34. The number of likely N-dealkylation sites (tertiary alicyclic amines) is 1. The van der Waals surface area contributed by atoms with Crippen molar-refractivity contribution in [2.24, 2.45) is 0 Å². The smallest absolute Gasteiger partial charge is 0.410 e. The highest BCUT2D eigenvalue weighted by molar-refractivity contribution is 5.68. The summed E-state index contributed by atoms with van der Waals surface area (Å²) >= 11 is 0. The molecule has 0 aromatic heterocycles. The fraction of sp³-hybridized carbons (Fsp3) is 0.944. The van der Waals surface area contributed by atoms with E-state index in [4.69, 9.17) is 4.74 Å². The van der Waals surface area contributed by atoms with Crippen molar-refractivity contribution in [3.63, 3.8) is 0 Å². The lowest BCUT2D eigenvalue weighted by molar-refractivity contribution is 0.00757. The first kappa shape index (κ1) is 19.5. The number of hydrogen-bond donors (Lipinski definition) is 3. The zero-order valence-electron chi connectivity index (χ0n) is 15.4. The average molecular weight is 342 g/mol. The van der Waals surface area contributed by atoms with Crippen LogP contribution in [0, 0.1) is 0 Å². The Morgan fingerprint density at radius 3 is 2.58 bits per heavy atom. The standard InChI is InChI=1S/C18H34N2O4/c1-17(2,3)24-16(22)20-11-6-9-18(23,10-12-20)13-19-14-7-4-5-8-15(14)21/h14-15,19,21,23H,4-13H2,1-3H3/t14-,15-,18?/m0/s1. The van der Waals surface area contributed by atoms with E-state index in [-0.39, 0.29) is 18.2 Å². The molecule has 1 saturated carbocycles. The van der Waals surface area contributed by atoms with E-state index in [0.29, 0.717) is 32.5 Å². The third-order valence-electron chi connectivity index (χ3n) is 4.99. The molecule has 1 heterocycles. The number of rotatable bonds is 3. The lowest BCUT2D eigenvalue weighted by Gasteiger charge is -2.33. The quantitative estimate of drug-likeness (QED) is 0.731. The largest absolute Gasteiger partial charge is 0.444 e. The number of aliphatic hydroxyl groups excluding tert-OH is 1. The van der Waals surface area contributed by atoms with Gasteiger partial charge >= 0.3 is 6.09 Å². The summed E-state index contributed by atoms with van der Waals surface area (Å²) in [4.78, 5) is 13.9. The van der Waals surface area contributed by atoms with Crippen LogP contribution in [0.1, 0.15) is 65.7 Å². The summed E-state index contributed by atoms with van der Waals surface area (Å²) in [5.41, 5.74) is -1.33.